The van der Waals surface area contributed by atoms with Crippen molar-refractivity contribution in [1.29, 1.82) is 0 Å². The van der Waals surface area contributed by atoms with Crippen LogP contribution in [-0.2, 0) is 19.1 Å². The maximum absolute atomic E-state index is 11.8. The highest BCUT2D eigenvalue weighted by molar-refractivity contribution is 5.80. The van der Waals surface area contributed by atoms with Gasteiger partial charge in [-0.15, -0.1) is 0 Å². The van der Waals surface area contributed by atoms with Crippen LogP contribution in [0.3, 0.4) is 0 Å². The third-order valence-corrected chi connectivity index (χ3v) is 3.35. The molecule has 6 heteroatoms. The van der Waals surface area contributed by atoms with Gasteiger partial charge >= 0.3 is 5.97 Å². The molecular formula is C13H23NO5. The van der Waals surface area contributed by atoms with Gasteiger partial charge in [-0.2, -0.15) is 0 Å². The lowest BCUT2D eigenvalue weighted by atomic mass is 10.0. The summed E-state index contributed by atoms with van der Waals surface area (Å²) in [5.74, 6) is -1.31. The Morgan fingerprint density at radius 2 is 1.95 bits per heavy atom. The standard InChI is InChI=1S/C13H23NO5/c1-18-7-8-19-6-2-5-14-12(15)10-3-4-11(9-10)13(16)17/h10-11H,2-9H2,1H3,(H,14,15)(H,16,17). The summed E-state index contributed by atoms with van der Waals surface area (Å²) in [5, 5.41) is 11.7. The number of amides is 1. The van der Waals surface area contributed by atoms with Crippen molar-refractivity contribution in [3.8, 4) is 0 Å². The lowest BCUT2D eigenvalue weighted by Gasteiger charge is -2.10. The number of rotatable bonds is 9. The van der Waals surface area contributed by atoms with Crippen LogP contribution < -0.4 is 5.32 Å². The minimum absolute atomic E-state index is 0.0272. The van der Waals surface area contributed by atoms with Gasteiger partial charge in [0.15, 0.2) is 0 Å². The van der Waals surface area contributed by atoms with Crippen LogP contribution in [0.15, 0.2) is 0 Å². The first kappa shape index (κ1) is 15.9. The second kappa shape index (κ2) is 8.87. The average Bonchev–Trinajstić information content (AvgIpc) is 2.87. The fourth-order valence-corrected chi connectivity index (χ4v) is 2.22. The van der Waals surface area contributed by atoms with E-state index in [1.54, 1.807) is 7.11 Å². The van der Waals surface area contributed by atoms with Gasteiger partial charge in [-0.25, -0.2) is 0 Å². The molecule has 2 N–H and O–H groups in total. The number of methoxy groups -OCH3 is 1. The molecular weight excluding hydrogens is 250 g/mol. The molecule has 0 aromatic carbocycles. The van der Waals surface area contributed by atoms with E-state index < -0.39 is 5.97 Å². The molecule has 110 valence electrons. The van der Waals surface area contributed by atoms with Crippen LogP contribution in [0.5, 0.6) is 0 Å². The first-order valence-electron chi connectivity index (χ1n) is 6.72. The molecule has 1 saturated carbocycles. The molecule has 0 heterocycles. The Labute approximate surface area is 113 Å². The Balaban J connectivity index is 2.04. The summed E-state index contributed by atoms with van der Waals surface area (Å²) in [4.78, 5) is 22.6. The van der Waals surface area contributed by atoms with E-state index in [0.717, 1.165) is 6.42 Å². The number of hydrogen-bond donors (Lipinski definition) is 2. The largest absolute Gasteiger partial charge is 0.481 e. The second-order valence-electron chi connectivity index (χ2n) is 4.79. The van der Waals surface area contributed by atoms with Crippen molar-refractivity contribution in [2.24, 2.45) is 11.8 Å². The zero-order chi connectivity index (χ0) is 14.1. The number of hydrogen-bond acceptors (Lipinski definition) is 4. The van der Waals surface area contributed by atoms with Crippen molar-refractivity contribution in [2.45, 2.75) is 25.7 Å². The van der Waals surface area contributed by atoms with Crippen LogP contribution in [0, 0.1) is 11.8 Å². The first-order chi connectivity index (χ1) is 9.15. The van der Waals surface area contributed by atoms with Crippen LogP contribution >= 0.6 is 0 Å². The number of carboxylic acids is 1. The van der Waals surface area contributed by atoms with E-state index in [-0.39, 0.29) is 17.7 Å². The molecule has 0 aromatic rings. The summed E-state index contributed by atoms with van der Waals surface area (Å²) in [6.45, 7) is 2.30. The predicted molar refractivity (Wildman–Crippen MR) is 68.8 cm³/mol. The molecule has 0 spiro atoms. The molecule has 0 aromatic heterocycles. The highest BCUT2D eigenvalue weighted by Crippen LogP contribution is 2.30. The molecule has 0 aliphatic heterocycles. The number of carboxylic acid groups (broad SMARTS) is 1. The summed E-state index contributed by atoms with van der Waals surface area (Å²) in [5.41, 5.74) is 0. The second-order valence-corrected chi connectivity index (χ2v) is 4.79. The normalized spacial score (nSPS) is 22.4. The van der Waals surface area contributed by atoms with Crippen LogP contribution in [0.25, 0.3) is 0 Å². The van der Waals surface area contributed by atoms with E-state index in [1.165, 1.54) is 0 Å². The van der Waals surface area contributed by atoms with Crippen LogP contribution in [-0.4, -0.2) is 50.5 Å². The van der Waals surface area contributed by atoms with Crippen molar-refractivity contribution in [3.05, 3.63) is 0 Å². The van der Waals surface area contributed by atoms with E-state index in [1.807, 2.05) is 0 Å². The molecule has 2 unspecified atom stereocenters. The number of aliphatic carboxylic acids is 1. The third-order valence-electron chi connectivity index (χ3n) is 3.35. The number of ether oxygens (including phenoxy) is 2. The smallest absolute Gasteiger partial charge is 0.306 e. The Hall–Kier alpha value is -1.14. The van der Waals surface area contributed by atoms with Crippen molar-refractivity contribution in [1.82, 2.24) is 5.32 Å². The Kier molecular flexibility index (Phi) is 7.43. The average molecular weight is 273 g/mol. The minimum Gasteiger partial charge on any atom is -0.481 e. The molecule has 1 rings (SSSR count). The van der Waals surface area contributed by atoms with Crippen LogP contribution in [0.1, 0.15) is 25.7 Å². The molecule has 19 heavy (non-hydrogen) atoms. The molecule has 0 radical (unpaired) electrons. The van der Waals surface area contributed by atoms with Crippen molar-refractivity contribution < 1.29 is 24.2 Å². The first-order valence-corrected chi connectivity index (χ1v) is 6.72. The summed E-state index contributed by atoms with van der Waals surface area (Å²) < 4.78 is 10.1. The van der Waals surface area contributed by atoms with E-state index in [9.17, 15) is 9.59 Å². The zero-order valence-corrected chi connectivity index (χ0v) is 11.4. The van der Waals surface area contributed by atoms with E-state index in [4.69, 9.17) is 14.6 Å². The van der Waals surface area contributed by atoms with E-state index >= 15 is 0 Å². The van der Waals surface area contributed by atoms with Gasteiger partial charge < -0.3 is 19.9 Å². The SMILES string of the molecule is COCCOCCCNC(=O)C1CCC(C(=O)O)C1. The van der Waals surface area contributed by atoms with E-state index in [0.29, 0.717) is 45.6 Å². The molecule has 1 aliphatic rings. The maximum atomic E-state index is 11.8. The lowest BCUT2D eigenvalue weighted by molar-refractivity contribution is -0.141. The number of carbonyl (C=O) groups excluding carboxylic acids is 1. The van der Waals surface area contributed by atoms with Crippen LogP contribution in [0.2, 0.25) is 0 Å². The van der Waals surface area contributed by atoms with Gasteiger partial charge in [0.25, 0.3) is 0 Å². The Morgan fingerprint density at radius 3 is 2.58 bits per heavy atom. The highest BCUT2D eigenvalue weighted by Gasteiger charge is 2.33. The molecule has 1 aliphatic carbocycles. The molecule has 0 bridgehead atoms. The van der Waals surface area contributed by atoms with Gasteiger partial charge in [-0.1, -0.05) is 0 Å². The summed E-state index contributed by atoms with van der Waals surface area (Å²) in [6.07, 6.45) is 2.50. The van der Waals surface area contributed by atoms with Gasteiger partial charge in [0.2, 0.25) is 5.91 Å². The van der Waals surface area contributed by atoms with Crippen molar-refractivity contribution in [3.63, 3.8) is 0 Å². The monoisotopic (exact) mass is 273 g/mol. The fourth-order valence-electron chi connectivity index (χ4n) is 2.22. The van der Waals surface area contributed by atoms with Gasteiger partial charge in [-0.05, 0) is 25.7 Å². The third kappa shape index (κ3) is 6.02. The lowest BCUT2D eigenvalue weighted by Crippen LogP contribution is -2.31. The maximum Gasteiger partial charge on any atom is 0.306 e. The summed E-state index contributed by atoms with van der Waals surface area (Å²) in [6, 6.07) is 0. The fraction of sp³-hybridized carbons (Fsp3) is 0.846. The number of nitrogens with one attached hydrogen (secondary N) is 1. The highest BCUT2D eigenvalue weighted by atomic mass is 16.5. The quantitative estimate of drug-likeness (QED) is 0.603. The number of carbonyl (C=O) groups is 2. The molecule has 1 amide bonds. The van der Waals surface area contributed by atoms with E-state index in [2.05, 4.69) is 5.32 Å². The van der Waals surface area contributed by atoms with Gasteiger partial charge in [0.05, 0.1) is 19.1 Å². The Morgan fingerprint density at radius 1 is 1.21 bits per heavy atom. The zero-order valence-electron chi connectivity index (χ0n) is 11.4. The van der Waals surface area contributed by atoms with Crippen molar-refractivity contribution >= 4 is 11.9 Å². The van der Waals surface area contributed by atoms with Crippen LogP contribution in [0.4, 0.5) is 0 Å². The minimum atomic E-state index is -0.790. The Bertz CT molecular complexity index is 295. The molecule has 1 fully saturated rings. The summed E-state index contributed by atoms with van der Waals surface area (Å²) in [7, 11) is 1.62. The molecule has 2 atom stereocenters. The van der Waals surface area contributed by atoms with Gasteiger partial charge in [0, 0.05) is 26.2 Å². The molecule has 0 saturated heterocycles. The topological polar surface area (TPSA) is 84.9 Å². The van der Waals surface area contributed by atoms with Gasteiger partial charge in [-0.3, -0.25) is 9.59 Å². The molecule has 6 nitrogen and oxygen atoms in total. The van der Waals surface area contributed by atoms with Crippen molar-refractivity contribution in [2.75, 3.05) is 33.5 Å². The predicted octanol–water partition coefficient (Wildman–Crippen LogP) is 0.657. The summed E-state index contributed by atoms with van der Waals surface area (Å²) >= 11 is 0. The van der Waals surface area contributed by atoms with Gasteiger partial charge in [0.1, 0.15) is 0 Å².